The molecule has 0 unspecified atom stereocenters. The maximum Gasteiger partial charge on any atom is 0.320 e. The molecule has 13 heavy (non-hydrogen) atoms. The number of hydrogen-bond donors (Lipinski definition) is 3. The lowest BCUT2D eigenvalue weighted by Gasteiger charge is -2.05. The number of aromatic hydroxyl groups is 1. The van der Waals surface area contributed by atoms with Gasteiger partial charge in [0.1, 0.15) is 11.8 Å². The maximum absolute atomic E-state index is 10.7. The number of benzene rings is 1. The first-order valence-electron chi connectivity index (χ1n) is 5.47. The molecule has 0 heterocycles. The minimum atomic E-state index is -2.34. The molecule has 0 aliphatic heterocycles. The van der Waals surface area contributed by atoms with Gasteiger partial charge in [-0.25, -0.2) is 0 Å². The largest absolute Gasteiger partial charge is 0.508 e. The molecule has 1 atom stereocenters. The van der Waals surface area contributed by atoms with Crippen LogP contribution < -0.4 is 5.73 Å². The van der Waals surface area contributed by atoms with E-state index in [1.807, 2.05) is 0 Å². The molecule has 4 heteroatoms. The summed E-state index contributed by atoms with van der Waals surface area (Å²) in [6.07, 6.45) is -0.527. The van der Waals surface area contributed by atoms with Gasteiger partial charge in [0.05, 0.1) is 5.48 Å². The van der Waals surface area contributed by atoms with Crippen LogP contribution in [-0.4, -0.2) is 22.2 Å². The van der Waals surface area contributed by atoms with Crippen molar-refractivity contribution in [3.63, 3.8) is 0 Å². The van der Waals surface area contributed by atoms with E-state index in [2.05, 4.69) is 0 Å². The summed E-state index contributed by atoms with van der Waals surface area (Å²) in [5.74, 6) is -2.11. The van der Waals surface area contributed by atoms with Crippen LogP contribution in [-0.2, 0) is 11.2 Å². The molecule has 0 saturated carbocycles. The normalized spacial score (nSPS) is 19.2. The average molecular weight is 185 g/mol. The molecule has 0 amide bonds. The van der Waals surface area contributed by atoms with Gasteiger partial charge in [0.2, 0.25) is 0 Å². The number of rotatable bonds is 3. The molecule has 0 radical (unpaired) electrons. The molecule has 0 aromatic heterocycles. The van der Waals surface area contributed by atoms with Crippen LogP contribution >= 0.6 is 0 Å². The maximum atomic E-state index is 10.7. The van der Waals surface area contributed by atoms with Crippen molar-refractivity contribution in [3.05, 3.63) is 29.8 Å². The Morgan fingerprint density at radius 3 is 3.08 bits per heavy atom. The highest BCUT2D eigenvalue weighted by atomic mass is 16.4. The van der Waals surface area contributed by atoms with Gasteiger partial charge in [-0.2, -0.15) is 0 Å². The van der Waals surface area contributed by atoms with Crippen LogP contribution in [0.5, 0.6) is 5.75 Å². The van der Waals surface area contributed by atoms with Gasteiger partial charge in [-0.05, 0) is 24.1 Å². The molecule has 0 saturated heterocycles. The van der Waals surface area contributed by atoms with Crippen molar-refractivity contribution >= 4 is 5.97 Å². The summed E-state index contributed by atoms with van der Waals surface area (Å²) in [6, 6.07) is -2.79. The summed E-state index contributed by atoms with van der Waals surface area (Å²) in [5.41, 5.74) is 5.14. The predicted molar refractivity (Wildman–Crippen MR) is 47.4 cm³/mol. The fourth-order valence-corrected chi connectivity index (χ4v) is 0.789. The Morgan fingerprint density at radius 1 is 1.77 bits per heavy atom. The molecule has 0 aliphatic carbocycles. The third kappa shape index (κ3) is 2.76. The van der Waals surface area contributed by atoms with Gasteiger partial charge in [0.25, 0.3) is 0 Å². The standard InChI is InChI=1S/C9H11NO3/c10-8(9(12)13)5-6-2-1-3-7(11)4-6/h1-4,8,11H,5,10H2,(H,12,13)/t8-/m1/s1/i1D,2D,3D,8D. The van der Waals surface area contributed by atoms with E-state index in [1.165, 1.54) is 0 Å². The van der Waals surface area contributed by atoms with Crippen molar-refractivity contribution in [2.45, 2.75) is 12.4 Å². The number of nitrogens with two attached hydrogens (primary N) is 1. The molecule has 0 fully saturated rings. The Balaban J connectivity index is 3.21. The minimum absolute atomic E-state index is 0.0524. The van der Waals surface area contributed by atoms with Gasteiger partial charge in [-0.15, -0.1) is 0 Å². The van der Waals surface area contributed by atoms with E-state index in [1.54, 1.807) is 0 Å². The molecule has 1 rings (SSSR count). The van der Waals surface area contributed by atoms with Gasteiger partial charge >= 0.3 is 5.97 Å². The minimum Gasteiger partial charge on any atom is -0.508 e. The Kier molecular flexibility index (Phi) is 1.58. The van der Waals surface area contributed by atoms with Crippen molar-refractivity contribution in [1.82, 2.24) is 0 Å². The predicted octanol–water partition coefficient (Wildman–Crippen LogP) is 0.347. The summed E-state index contributed by atoms with van der Waals surface area (Å²) in [4.78, 5) is 10.7. The highest BCUT2D eigenvalue weighted by Crippen LogP contribution is 2.11. The fraction of sp³-hybridized carbons (Fsp3) is 0.222. The number of phenolic OH excluding ortho intramolecular Hbond substituents is 1. The van der Waals surface area contributed by atoms with Crippen LogP contribution in [0.4, 0.5) is 0 Å². The molecule has 70 valence electrons. The van der Waals surface area contributed by atoms with E-state index >= 15 is 0 Å². The zero-order valence-corrected chi connectivity index (χ0v) is 6.66. The number of carboxylic acid groups (broad SMARTS) is 1. The summed E-state index contributed by atoms with van der Waals surface area (Å²) >= 11 is 0. The third-order valence-electron chi connectivity index (χ3n) is 1.38. The number of hydrogen-bond acceptors (Lipinski definition) is 3. The second-order valence-corrected chi connectivity index (χ2v) is 2.44. The van der Waals surface area contributed by atoms with E-state index < -0.39 is 42.3 Å². The smallest absolute Gasteiger partial charge is 0.320 e. The van der Waals surface area contributed by atoms with E-state index in [0.717, 1.165) is 6.07 Å². The second-order valence-electron chi connectivity index (χ2n) is 2.44. The molecule has 1 aromatic carbocycles. The van der Waals surface area contributed by atoms with E-state index in [0.29, 0.717) is 0 Å². The van der Waals surface area contributed by atoms with Crippen LogP contribution in [0.25, 0.3) is 0 Å². The van der Waals surface area contributed by atoms with Gasteiger partial charge in [-0.1, -0.05) is 12.1 Å². The first-order valence-corrected chi connectivity index (χ1v) is 3.47. The molecule has 0 spiro atoms. The zero-order valence-electron chi connectivity index (χ0n) is 10.7. The van der Waals surface area contributed by atoms with E-state index in [-0.39, 0.29) is 5.56 Å². The van der Waals surface area contributed by atoms with Gasteiger partial charge in [0.15, 0.2) is 0 Å². The second kappa shape index (κ2) is 3.91. The van der Waals surface area contributed by atoms with Crippen LogP contribution in [0.2, 0.25) is 0 Å². The quantitative estimate of drug-likeness (QED) is 0.634. The summed E-state index contributed by atoms with van der Waals surface area (Å²) in [5, 5.41) is 18.0. The number of aliphatic carboxylic acids is 1. The average Bonchev–Trinajstić information content (AvgIpc) is 2.22. The van der Waals surface area contributed by atoms with Gasteiger partial charge < -0.3 is 15.9 Å². The molecule has 0 bridgehead atoms. The van der Waals surface area contributed by atoms with Crippen LogP contribution in [0.3, 0.4) is 0 Å². The number of phenols is 1. The lowest BCUT2D eigenvalue weighted by Crippen LogP contribution is -2.32. The zero-order chi connectivity index (χ0) is 13.4. The molecular weight excluding hydrogens is 170 g/mol. The molecule has 4 N–H and O–H groups in total. The Bertz CT molecular complexity index is 476. The van der Waals surface area contributed by atoms with Crippen molar-refractivity contribution in [2.75, 3.05) is 0 Å². The third-order valence-corrected chi connectivity index (χ3v) is 1.38. The topological polar surface area (TPSA) is 83.5 Å². The first kappa shape index (κ1) is 5.24. The van der Waals surface area contributed by atoms with Crippen LogP contribution in [0.15, 0.2) is 24.2 Å². The number of carboxylic acids is 1. The first-order chi connectivity index (χ1) is 7.66. The van der Waals surface area contributed by atoms with Crippen molar-refractivity contribution in [1.29, 1.82) is 0 Å². The summed E-state index contributed by atoms with van der Waals surface area (Å²) < 4.78 is 29.4. The Labute approximate surface area is 81.2 Å². The van der Waals surface area contributed by atoms with Crippen LogP contribution in [0, 0.1) is 0 Å². The van der Waals surface area contributed by atoms with Gasteiger partial charge in [-0.3, -0.25) is 4.79 Å². The molecular formula is C9H11NO3. The Morgan fingerprint density at radius 2 is 2.46 bits per heavy atom. The Hall–Kier alpha value is -1.55. The van der Waals surface area contributed by atoms with E-state index in [4.69, 9.17) is 16.3 Å². The van der Waals surface area contributed by atoms with Crippen molar-refractivity contribution < 1.29 is 20.5 Å². The number of carbonyl (C=O) groups is 1. The van der Waals surface area contributed by atoms with Gasteiger partial charge in [0, 0.05) is 0 Å². The van der Waals surface area contributed by atoms with Crippen molar-refractivity contribution in [2.24, 2.45) is 5.73 Å². The highest BCUT2D eigenvalue weighted by Gasteiger charge is 2.11. The van der Waals surface area contributed by atoms with Crippen LogP contribution in [0.1, 0.15) is 11.0 Å². The summed E-state index contributed by atoms with van der Waals surface area (Å²) in [7, 11) is 0. The molecule has 4 nitrogen and oxygen atoms in total. The molecule has 0 aliphatic rings. The fourth-order valence-electron chi connectivity index (χ4n) is 0.789. The monoisotopic (exact) mass is 185 g/mol. The highest BCUT2D eigenvalue weighted by molar-refractivity contribution is 5.73. The SMILES string of the molecule is [2H]c1c(O)cc(C[C@@]([2H])(N)C(=O)O)c([2H])c1[2H]. The lowest BCUT2D eigenvalue weighted by atomic mass is 10.1. The van der Waals surface area contributed by atoms with Crippen molar-refractivity contribution in [3.8, 4) is 5.75 Å². The summed E-state index contributed by atoms with van der Waals surface area (Å²) in [6.45, 7) is 0. The lowest BCUT2D eigenvalue weighted by molar-refractivity contribution is -0.138. The molecule has 1 aromatic rings. The van der Waals surface area contributed by atoms with E-state index in [9.17, 15) is 9.90 Å².